The summed E-state index contributed by atoms with van der Waals surface area (Å²) in [6, 6.07) is 11.0. The highest BCUT2D eigenvalue weighted by Gasteiger charge is 2.47. The van der Waals surface area contributed by atoms with Gasteiger partial charge in [-0.25, -0.2) is 0 Å². The molecule has 23 heavy (non-hydrogen) atoms. The molecule has 0 aromatic heterocycles. The Morgan fingerprint density at radius 2 is 1.96 bits per heavy atom. The molecule has 3 nitrogen and oxygen atoms in total. The summed E-state index contributed by atoms with van der Waals surface area (Å²) in [5, 5.41) is 6.63. The third-order valence-electron chi connectivity index (χ3n) is 5.79. The molecule has 0 radical (unpaired) electrons. The highest BCUT2D eigenvalue weighted by molar-refractivity contribution is 5.83. The van der Waals surface area contributed by atoms with Crippen LogP contribution >= 0.6 is 0 Å². The molecule has 2 aliphatic rings. The fraction of sp³-hybridized carbons (Fsp3) is 0.650. The third kappa shape index (κ3) is 3.45. The van der Waals surface area contributed by atoms with Crippen molar-refractivity contribution in [3.63, 3.8) is 0 Å². The van der Waals surface area contributed by atoms with Gasteiger partial charge < -0.3 is 10.6 Å². The number of hydrogen-bond donors (Lipinski definition) is 2. The van der Waals surface area contributed by atoms with Crippen LogP contribution < -0.4 is 10.6 Å². The predicted molar refractivity (Wildman–Crippen MR) is 94.3 cm³/mol. The van der Waals surface area contributed by atoms with Gasteiger partial charge in [0.1, 0.15) is 0 Å². The summed E-state index contributed by atoms with van der Waals surface area (Å²) in [4.78, 5) is 13.0. The molecule has 3 unspecified atom stereocenters. The Bertz CT molecular complexity index is 552. The van der Waals surface area contributed by atoms with Gasteiger partial charge in [0.05, 0.1) is 0 Å². The van der Waals surface area contributed by atoms with Crippen molar-refractivity contribution in [1.29, 1.82) is 0 Å². The predicted octanol–water partition coefficient (Wildman–Crippen LogP) is 3.25. The third-order valence-corrected chi connectivity index (χ3v) is 5.79. The van der Waals surface area contributed by atoms with Crippen molar-refractivity contribution in [2.24, 2.45) is 11.3 Å². The Labute approximate surface area is 140 Å². The minimum absolute atomic E-state index is 0.0823. The fourth-order valence-electron chi connectivity index (χ4n) is 4.99. The zero-order valence-corrected chi connectivity index (χ0v) is 14.7. The normalized spacial score (nSPS) is 37.5. The Balaban J connectivity index is 1.80. The molecule has 2 N–H and O–H groups in total. The number of benzene rings is 1. The maximum absolute atomic E-state index is 13.0. The second-order valence-corrected chi connectivity index (χ2v) is 8.34. The van der Waals surface area contributed by atoms with E-state index < -0.39 is 0 Å². The minimum atomic E-state index is -0.273. The van der Waals surface area contributed by atoms with Crippen molar-refractivity contribution < 1.29 is 4.79 Å². The second-order valence-electron chi connectivity index (χ2n) is 8.34. The van der Waals surface area contributed by atoms with Gasteiger partial charge in [0.25, 0.3) is 0 Å². The molecule has 3 rings (SSSR count). The molecular weight excluding hydrogens is 284 g/mol. The smallest absolute Gasteiger partial charge is 0.226 e. The van der Waals surface area contributed by atoms with Gasteiger partial charge in [-0.1, -0.05) is 51.1 Å². The molecule has 3 heteroatoms. The number of carbonyl (C=O) groups is 1. The van der Waals surface area contributed by atoms with Crippen molar-refractivity contribution in [1.82, 2.24) is 10.6 Å². The van der Waals surface area contributed by atoms with Crippen LogP contribution in [0.5, 0.6) is 0 Å². The summed E-state index contributed by atoms with van der Waals surface area (Å²) < 4.78 is 0. The molecule has 4 atom stereocenters. The summed E-state index contributed by atoms with van der Waals surface area (Å²) in [6.07, 6.45) is 4.12. The van der Waals surface area contributed by atoms with Crippen LogP contribution in [0.2, 0.25) is 0 Å². The van der Waals surface area contributed by atoms with Crippen LogP contribution in [0.15, 0.2) is 30.3 Å². The number of nitrogens with one attached hydrogen (secondary N) is 2. The number of carbonyl (C=O) groups excluding carboxylic acids is 1. The molecule has 0 spiro atoms. The molecule has 0 bridgehead atoms. The first-order chi connectivity index (χ1) is 10.9. The molecule has 1 saturated heterocycles. The number of rotatable bonds is 3. The van der Waals surface area contributed by atoms with Crippen LogP contribution in [-0.2, 0) is 10.2 Å². The van der Waals surface area contributed by atoms with Crippen LogP contribution in [0, 0.1) is 11.3 Å². The molecule has 1 heterocycles. The van der Waals surface area contributed by atoms with Crippen molar-refractivity contribution in [3.05, 3.63) is 35.9 Å². The van der Waals surface area contributed by atoms with E-state index in [0.717, 1.165) is 38.8 Å². The van der Waals surface area contributed by atoms with E-state index in [-0.39, 0.29) is 16.7 Å². The maximum Gasteiger partial charge on any atom is 0.226 e. The van der Waals surface area contributed by atoms with E-state index in [1.807, 2.05) is 0 Å². The Kier molecular flexibility index (Phi) is 4.50. The van der Waals surface area contributed by atoms with Crippen molar-refractivity contribution in [2.45, 2.75) is 57.9 Å². The lowest BCUT2D eigenvalue weighted by Gasteiger charge is -2.47. The van der Waals surface area contributed by atoms with E-state index in [4.69, 9.17) is 0 Å². The first-order valence-corrected chi connectivity index (χ1v) is 8.99. The number of amides is 1. The van der Waals surface area contributed by atoms with Crippen LogP contribution in [0.4, 0.5) is 0 Å². The second kappa shape index (κ2) is 6.27. The standard InChI is InChI=1S/C20H30N2O/c1-15-11-19(2,16-7-5-4-6-8-16)14-20(3,12-15)18(23)22-17-9-10-21-13-17/h4-8,15,17,21H,9-14H2,1-3H3,(H,22,23)/t15?,17-,19?,20?/m1/s1. The van der Waals surface area contributed by atoms with Gasteiger partial charge in [0, 0.05) is 18.0 Å². The van der Waals surface area contributed by atoms with Gasteiger partial charge in [-0.15, -0.1) is 0 Å². The first kappa shape index (κ1) is 16.5. The maximum atomic E-state index is 13.0. The average Bonchev–Trinajstić information content (AvgIpc) is 3.00. The van der Waals surface area contributed by atoms with Crippen LogP contribution in [0.3, 0.4) is 0 Å². The summed E-state index contributed by atoms with van der Waals surface area (Å²) in [7, 11) is 0. The van der Waals surface area contributed by atoms with Crippen LogP contribution in [0.25, 0.3) is 0 Å². The van der Waals surface area contributed by atoms with E-state index >= 15 is 0 Å². The quantitative estimate of drug-likeness (QED) is 0.899. The lowest BCUT2D eigenvalue weighted by Crippen LogP contribution is -2.50. The monoisotopic (exact) mass is 314 g/mol. The van der Waals surface area contributed by atoms with Crippen molar-refractivity contribution in [3.8, 4) is 0 Å². The summed E-state index contributed by atoms with van der Waals surface area (Å²) in [5.41, 5.74) is 1.18. The highest BCUT2D eigenvalue weighted by Crippen LogP contribution is 2.50. The summed E-state index contributed by atoms with van der Waals surface area (Å²) in [6.45, 7) is 8.72. The molecule has 1 aromatic rings. The zero-order chi connectivity index (χ0) is 16.5. The largest absolute Gasteiger partial charge is 0.352 e. The Morgan fingerprint density at radius 1 is 1.22 bits per heavy atom. The topological polar surface area (TPSA) is 41.1 Å². The molecular formula is C20H30N2O. The molecule has 126 valence electrons. The van der Waals surface area contributed by atoms with Gasteiger partial charge >= 0.3 is 0 Å². The SMILES string of the molecule is CC1CC(C)(C(=O)N[C@@H]2CCNC2)CC(C)(c2ccccc2)C1. The van der Waals surface area contributed by atoms with Crippen LogP contribution in [-0.4, -0.2) is 25.0 Å². The molecule has 1 amide bonds. The molecule has 1 aliphatic carbocycles. The number of hydrogen-bond acceptors (Lipinski definition) is 2. The Morgan fingerprint density at radius 3 is 2.61 bits per heavy atom. The fourth-order valence-corrected chi connectivity index (χ4v) is 4.99. The summed E-state index contributed by atoms with van der Waals surface area (Å²) in [5.74, 6) is 0.811. The lowest BCUT2D eigenvalue weighted by molar-refractivity contribution is -0.135. The van der Waals surface area contributed by atoms with Gasteiger partial charge in [0.2, 0.25) is 5.91 Å². The van der Waals surface area contributed by atoms with Crippen LogP contribution in [0.1, 0.15) is 52.0 Å². The molecule has 1 aromatic carbocycles. The van der Waals surface area contributed by atoms with Gasteiger partial charge in [-0.05, 0) is 49.1 Å². The van der Waals surface area contributed by atoms with Crippen molar-refractivity contribution in [2.75, 3.05) is 13.1 Å². The van der Waals surface area contributed by atoms with Gasteiger partial charge in [-0.3, -0.25) is 4.79 Å². The molecule has 2 fully saturated rings. The summed E-state index contributed by atoms with van der Waals surface area (Å²) >= 11 is 0. The van der Waals surface area contributed by atoms with E-state index in [9.17, 15) is 4.79 Å². The van der Waals surface area contributed by atoms with Gasteiger partial charge in [0.15, 0.2) is 0 Å². The van der Waals surface area contributed by atoms with E-state index in [1.54, 1.807) is 0 Å². The minimum Gasteiger partial charge on any atom is -0.352 e. The van der Waals surface area contributed by atoms with Crippen molar-refractivity contribution >= 4 is 5.91 Å². The van der Waals surface area contributed by atoms with E-state index in [2.05, 4.69) is 61.7 Å². The zero-order valence-electron chi connectivity index (χ0n) is 14.7. The highest BCUT2D eigenvalue weighted by atomic mass is 16.2. The molecule has 1 saturated carbocycles. The lowest BCUT2D eigenvalue weighted by atomic mass is 9.57. The molecule has 1 aliphatic heterocycles. The first-order valence-electron chi connectivity index (χ1n) is 8.99. The van der Waals surface area contributed by atoms with E-state index in [0.29, 0.717) is 12.0 Å². The van der Waals surface area contributed by atoms with E-state index in [1.165, 1.54) is 5.56 Å². The Hall–Kier alpha value is -1.35. The van der Waals surface area contributed by atoms with Gasteiger partial charge in [-0.2, -0.15) is 0 Å². The average molecular weight is 314 g/mol.